The smallest absolute Gasteiger partial charge is 0.391 e. The molecular formula is C10H16F3NO4S. The monoisotopic (exact) mass is 303 g/mol. The molecule has 1 aliphatic rings. The van der Waals surface area contributed by atoms with E-state index in [1.54, 1.807) is 0 Å². The number of hydrogen-bond donors (Lipinski definition) is 2. The van der Waals surface area contributed by atoms with Crippen LogP contribution in [0.1, 0.15) is 32.6 Å². The molecule has 0 bridgehead atoms. The first-order chi connectivity index (χ1) is 8.54. The zero-order valence-electron chi connectivity index (χ0n) is 10.3. The van der Waals surface area contributed by atoms with E-state index in [0.717, 1.165) is 6.92 Å². The van der Waals surface area contributed by atoms with Gasteiger partial charge in [-0.05, 0) is 32.6 Å². The first-order valence-corrected chi connectivity index (χ1v) is 7.39. The largest absolute Gasteiger partial charge is 0.480 e. The van der Waals surface area contributed by atoms with E-state index in [4.69, 9.17) is 5.11 Å². The van der Waals surface area contributed by atoms with Crippen molar-refractivity contribution in [2.75, 3.05) is 0 Å². The van der Waals surface area contributed by atoms with E-state index in [0.29, 0.717) is 0 Å². The molecule has 0 aromatic carbocycles. The molecule has 1 saturated carbocycles. The van der Waals surface area contributed by atoms with Gasteiger partial charge in [-0.25, -0.2) is 13.1 Å². The van der Waals surface area contributed by atoms with Gasteiger partial charge in [0, 0.05) is 6.04 Å². The lowest BCUT2D eigenvalue weighted by molar-refractivity contribution is -0.182. The van der Waals surface area contributed by atoms with Gasteiger partial charge in [0.1, 0.15) is 0 Å². The van der Waals surface area contributed by atoms with E-state index in [1.807, 2.05) is 0 Å². The second-order valence-corrected chi connectivity index (χ2v) is 6.77. The molecule has 0 radical (unpaired) electrons. The summed E-state index contributed by atoms with van der Waals surface area (Å²) in [7, 11) is -4.04. The molecule has 0 spiro atoms. The SMILES string of the molecule is CC(C(=O)O)S(=O)(=O)NC1CCC(C(F)(F)F)CC1. The van der Waals surface area contributed by atoms with Gasteiger partial charge < -0.3 is 5.11 Å². The number of sulfonamides is 1. The minimum atomic E-state index is -4.25. The summed E-state index contributed by atoms with van der Waals surface area (Å²) < 4.78 is 62.7. The molecule has 1 aliphatic carbocycles. The molecule has 2 N–H and O–H groups in total. The molecule has 0 aromatic rings. The summed E-state index contributed by atoms with van der Waals surface area (Å²) in [5.74, 6) is -2.89. The first-order valence-electron chi connectivity index (χ1n) is 5.84. The third kappa shape index (κ3) is 4.34. The Morgan fingerprint density at radius 3 is 2.11 bits per heavy atom. The first kappa shape index (κ1) is 16.2. The van der Waals surface area contributed by atoms with E-state index in [2.05, 4.69) is 4.72 Å². The number of carbonyl (C=O) groups is 1. The Balaban J connectivity index is 2.56. The van der Waals surface area contributed by atoms with Crippen molar-refractivity contribution in [1.29, 1.82) is 0 Å². The fourth-order valence-corrected chi connectivity index (χ4v) is 3.18. The molecular weight excluding hydrogens is 287 g/mol. The molecule has 19 heavy (non-hydrogen) atoms. The van der Waals surface area contributed by atoms with Crippen molar-refractivity contribution in [3.8, 4) is 0 Å². The Morgan fingerprint density at radius 2 is 1.74 bits per heavy atom. The maximum Gasteiger partial charge on any atom is 0.391 e. The number of rotatable bonds is 4. The van der Waals surface area contributed by atoms with Gasteiger partial charge in [-0.2, -0.15) is 13.2 Å². The van der Waals surface area contributed by atoms with Gasteiger partial charge in [0.05, 0.1) is 5.92 Å². The highest BCUT2D eigenvalue weighted by Gasteiger charge is 2.42. The molecule has 0 aliphatic heterocycles. The van der Waals surface area contributed by atoms with E-state index in [1.165, 1.54) is 0 Å². The van der Waals surface area contributed by atoms with Crippen LogP contribution in [0.3, 0.4) is 0 Å². The van der Waals surface area contributed by atoms with Gasteiger partial charge in [0.2, 0.25) is 10.0 Å². The predicted molar refractivity (Wildman–Crippen MR) is 61.0 cm³/mol. The quantitative estimate of drug-likeness (QED) is 0.824. The van der Waals surface area contributed by atoms with Crippen LogP contribution in [0.4, 0.5) is 13.2 Å². The molecule has 0 aromatic heterocycles. The maximum absolute atomic E-state index is 12.4. The summed E-state index contributed by atoms with van der Waals surface area (Å²) in [5.41, 5.74) is 0. The Morgan fingerprint density at radius 1 is 1.26 bits per heavy atom. The highest BCUT2D eigenvalue weighted by Crippen LogP contribution is 2.37. The highest BCUT2D eigenvalue weighted by molar-refractivity contribution is 7.90. The number of hydrogen-bond acceptors (Lipinski definition) is 3. The molecule has 1 unspecified atom stereocenters. The number of carboxylic acid groups (broad SMARTS) is 1. The van der Waals surface area contributed by atoms with Crippen molar-refractivity contribution in [1.82, 2.24) is 4.72 Å². The normalized spacial score (nSPS) is 26.9. The molecule has 1 atom stereocenters. The van der Waals surface area contributed by atoms with Gasteiger partial charge in [-0.3, -0.25) is 4.79 Å². The standard InChI is InChI=1S/C10H16F3NO4S/c1-6(9(15)16)19(17,18)14-8-4-2-7(3-5-8)10(11,12)13/h6-8,14H,2-5H2,1H3,(H,15,16). The number of nitrogens with one attached hydrogen (secondary N) is 1. The van der Waals surface area contributed by atoms with Crippen LogP contribution in [0, 0.1) is 5.92 Å². The number of alkyl halides is 3. The van der Waals surface area contributed by atoms with Crippen LogP contribution in [0.15, 0.2) is 0 Å². The Labute approximate surface area is 109 Å². The van der Waals surface area contributed by atoms with Gasteiger partial charge in [-0.1, -0.05) is 0 Å². The van der Waals surface area contributed by atoms with Gasteiger partial charge in [-0.15, -0.1) is 0 Å². The van der Waals surface area contributed by atoms with Crippen LogP contribution in [-0.4, -0.2) is 37.0 Å². The molecule has 5 nitrogen and oxygen atoms in total. The van der Waals surface area contributed by atoms with Crippen molar-refractivity contribution < 1.29 is 31.5 Å². The van der Waals surface area contributed by atoms with Gasteiger partial charge >= 0.3 is 12.1 Å². The minimum Gasteiger partial charge on any atom is -0.480 e. The van der Waals surface area contributed by atoms with E-state index in [-0.39, 0.29) is 25.7 Å². The van der Waals surface area contributed by atoms with Crippen LogP contribution in [-0.2, 0) is 14.8 Å². The average molecular weight is 303 g/mol. The highest BCUT2D eigenvalue weighted by atomic mass is 32.2. The van der Waals surface area contributed by atoms with E-state index < -0.39 is 39.4 Å². The summed E-state index contributed by atoms with van der Waals surface area (Å²) in [6, 6.07) is -0.620. The van der Waals surface area contributed by atoms with Gasteiger partial charge in [0.15, 0.2) is 5.25 Å². The Bertz CT molecular complexity index is 427. The van der Waals surface area contributed by atoms with E-state index in [9.17, 15) is 26.4 Å². The van der Waals surface area contributed by atoms with Crippen LogP contribution in [0.5, 0.6) is 0 Å². The van der Waals surface area contributed by atoms with Crippen molar-refractivity contribution in [2.45, 2.75) is 50.1 Å². The lowest BCUT2D eigenvalue weighted by atomic mass is 9.86. The van der Waals surface area contributed by atoms with Crippen LogP contribution in [0.2, 0.25) is 0 Å². The fourth-order valence-electron chi connectivity index (χ4n) is 2.01. The van der Waals surface area contributed by atoms with Crippen molar-refractivity contribution in [3.63, 3.8) is 0 Å². The Hall–Kier alpha value is -0.830. The summed E-state index contributed by atoms with van der Waals surface area (Å²) >= 11 is 0. The summed E-state index contributed by atoms with van der Waals surface area (Å²) in [4.78, 5) is 10.6. The molecule has 0 saturated heterocycles. The molecule has 9 heteroatoms. The van der Waals surface area contributed by atoms with E-state index >= 15 is 0 Å². The Kier molecular flexibility index (Phi) is 4.83. The average Bonchev–Trinajstić information content (AvgIpc) is 2.26. The fraction of sp³-hybridized carbons (Fsp3) is 0.900. The number of carboxylic acids is 1. The summed E-state index contributed by atoms with van der Waals surface area (Å²) in [6.45, 7) is 1.02. The van der Waals surface area contributed by atoms with Crippen LogP contribution in [0.25, 0.3) is 0 Å². The van der Waals surface area contributed by atoms with Gasteiger partial charge in [0.25, 0.3) is 0 Å². The molecule has 0 heterocycles. The molecule has 112 valence electrons. The second-order valence-electron chi connectivity index (χ2n) is 4.73. The third-order valence-corrected chi connectivity index (χ3v) is 5.13. The molecule has 1 fully saturated rings. The third-order valence-electron chi connectivity index (χ3n) is 3.33. The molecule has 1 rings (SSSR count). The predicted octanol–water partition coefficient (Wildman–Crippen LogP) is 1.50. The second kappa shape index (κ2) is 5.66. The molecule has 0 amide bonds. The van der Waals surface area contributed by atoms with Crippen LogP contribution >= 0.6 is 0 Å². The lowest BCUT2D eigenvalue weighted by Crippen LogP contribution is -2.45. The summed E-state index contributed by atoms with van der Waals surface area (Å²) in [6.07, 6.45) is -4.40. The maximum atomic E-state index is 12.4. The zero-order valence-corrected chi connectivity index (χ0v) is 11.1. The van der Waals surface area contributed by atoms with Crippen molar-refractivity contribution in [3.05, 3.63) is 0 Å². The van der Waals surface area contributed by atoms with Crippen molar-refractivity contribution in [2.24, 2.45) is 5.92 Å². The number of aliphatic carboxylic acids is 1. The lowest BCUT2D eigenvalue weighted by Gasteiger charge is -2.30. The topological polar surface area (TPSA) is 83.5 Å². The number of halogens is 3. The minimum absolute atomic E-state index is 0.0652. The zero-order chi connectivity index (χ0) is 14.8. The van der Waals surface area contributed by atoms with Crippen molar-refractivity contribution >= 4 is 16.0 Å². The van der Waals surface area contributed by atoms with Crippen LogP contribution < -0.4 is 4.72 Å². The summed E-state index contributed by atoms with van der Waals surface area (Å²) in [5, 5.41) is 7.01.